The van der Waals surface area contributed by atoms with E-state index in [4.69, 9.17) is 0 Å². The average molecular weight is 357 g/mol. The number of nitrogens with zero attached hydrogens (tertiary/aromatic N) is 1. The topological polar surface area (TPSA) is 83.6 Å². The SMILES string of the molecule is CCS(=O)(=O)C1CSCCN1CCC1CS(=O)(=O)CCN1. The molecule has 0 aromatic carbocycles. The number of hydrogen-bond donors (Lipinski definition) is 1. The van der Waals surface area contributed by atoms with E-state index in [0.29, 0.717) is 25.3 Å². The third-order valence-electron chi connectivity index (χ3n) is 4.07. The number of nitrogens with one attached hydrogen (secondary N) is 1. The highest BCUT2D eigenvalue weighted by atomic mass is 32.2. The van der Waals surface area contributed by atoms with Gasteiger partial charge in [-0.2, -0.15) is 11.8 Å². The maximum atomic E-state index is 12.2. The van der Waals surface area contributed by atoms with E-state index in [-0.39, 0.29) is 23.3 Å². The van der Waals surface area contributed by atoms with E-state index in [2.05, 4.69) is 5.32 Å². The van der Waals surface area contributed by atoms with E-state index in [1.165, 1.54) is 0 Å². The molecule has 6 nitrogen and oxygen atoms in total. The summed E-state index contributed by atoms with van der Waals surface area (Å²) < 4.78 is 47.6. The summed E-state index contributed by atoms with van der Waals surface area (Å²) in [7, 11) is -6.01. The molecule has 21 heavy (non-hydrogen) atoms. The molecule has 2 fully saturated rings. The van der Waals surface area contributed by atoms with Crippen LogP contribution in [0.4, 0.5) is 0 Å². The van der Waals surface area contributed by atoms with Crippen molar-refractivity contribution in [3.63, 3.8) is 0 Å². The Morgan fingerprint density at radius 3 is 2.81 bits per heavy atom. The normalized spacial score (nSPS) is 31.1. The quantitative estimate of drug-likeness (QED) is 0.716. The fraction of sp³-hybridized carbons (Fsp3) is 1.00. The van der Waals surface area contributed by atoms with Crippen LogP contribution in [-0.2, 0) is 19.7 Å². The van der Waals surface area contributed by atoms with E-state index in [1.54, 1.807) is 18.7 Å². The third-order valence-corrected chi connectivity index (χ3v) is 9.14. The first-order chi connectivity index (χ1) is 9.84. The van der Waals surface area contributed by atoms with Crippen LogP contribution in [0.5, 0.6) is 0 Å². The maximum absolute atomic E-state index is 12.2. The number of thioether (sulfide) groups is 1. The molecule has 2 saturated heterocycles. The van der Waals surface area contributed by atoms with Crippen LogP contribution in [0, 0.1) is 0 Å². The second kappa shape index (κ2) is 7.16. The fourth-order valence-electron chi connectivity index (χ4n) is 2.77. The van der Waals surface area contributed by atoms with Gasteiger partial charge in [0, 0.05) is 42.9 Å². The van der Waals surface area contributed by atoms with Gasteiger partial charge >= 0.3 is 0 Å². The monoisotopic (exact) mass is 356 g/mol. The largest absolute Gasteiger partial charge is 0.312 e. The predicted octanol–water partition coefficient (Wildman–Crippen LogP) is -0.427. The molecule has 0 aromatic heterocycles. The predicted molar refractivity (Wildman–Crippen MR) is 87.2 cm³/mol. The summed E-state index contributed by atoms with van der Waals surface area (Å²) in [5.74, 6) is 2.08. The van der Waals surface area contributed by atoms with Gasteiger partial charge in [0.05, 0.1) is 11.5 Å². The zero-order valence-electron chi connectivity index (χ0n) is 12.3. The first-order valence-electron chi connectivity index (χ1n) is 7.31. The molecule has 0 radical (unpaired) electrons. The molecule has 124 valence electrons. The molecule has 2 rings (SSSR count). The molecule has 2 unspecified atom stereocenters. The van der Waals surface area contributed by atoms with Gasteiger partial charge < -0.3 is 5.32 Å². The highest BCUT2D eigenvalue weighted by molar-refractivity contribution is 8.01. The van der Waals surface area contributed by atoms with Gasteiger partial charge in [0.2, 0.25) is 0 Å². The smallest absolute Gasteiger partial charge is 0.166 e. The summed E-state index contributed by atoms with van der Waals surface area (Å²) in [6.07, 6.45) is 0.680. The van der Waals surface area contributed by atoms with Crippen molar-refractivity contribution < 1.29 is 16.8 Å². The molecule has 2 atom stereocenters. The van der Waals surface area contributed by atoms with Crippen LogP contribution in [0.1, 0.15) is 13.3 Å². The summed E-state index contributed by atoms with van der Waals surface area (Å²) in [6, 6.07) is -0.0525. The van der Waals surface area contributed by atoms with Gasteiger partial charge in [0.25, 0.3) is 0 Å². The van der Waals surface area contributed by atoms with E-state index in [0.717, 1.165) is 12.3 Å². The zero-order valence-corrected chi connectivity index (χ0v) is 14.8. The highest BCUT2D eigenvalue weighted by Crippen LogP contribution is 2.22. The van der Waals surface area contributed by atoms with Gasteiger partial charge in [0.1, 0.15) is 5.37 Å². The van der Waals surface area contributed by atoms with Gasteiger partial charge in [-0.25, -0.2) is 16.8 Å². The Bertz CT molecular complexity index is 547. The minimum Gasteiger partial charge on any atom is -0.312 e. The van der Waals surface area contributed by atoms with Crippen molar-refractivity contribution in [2.45, 2.75) is 24.8 Å². The van der Waals surface area contributed by atoms with Crippen molar-refractivity contribution in [3.05, 3.63) is 0 Å². The van der Waals surface area contributed by atoms with Crippen LogP contribution in [0.2, 0.25) is 0 Å². The van der Waals surface area contributed by atoms with Crippen molar-refractivity contribution in [3.8, 4) is 0 Å². The van der Waals surface area contributed by atoms with Gasteiger partial charge in [-0.15, -0.1) is 0 Å². The molecule has 0 aromatic rings. The van der Waals surface area contributed by atoms with Crippen molar-refractivity contribution in [1.82, 2.24) is 10.2 Å². The standard InChI is InChI=1S/C12H24N2O4S3/c1-2-21(17,18)12-9-19-7-6-14(12)5-3-11-10-20(15,16)8-4-13-11/h11-13H,2-10H2,1H3. The van der Waals surface area contributed by atoms with Crippen LogP contribution >= 0.6 is 11.8 Å². The lowest BCUT2D eigenvalue weighted by molar-refractivity contribution is 0.255. The Balaban J connectivity index is 1.94. The second-order valence-corrected chi connectivity index (χ2v) is 11.4. The van der Waals surface area contributed by atoms with Crippen LogP contribution in [0.15, 0.2) is 0 Å². The van der Waals surface area contributed by atoms with Crippen LogP contribution in [0.25, 0.3) is 0 Å². The van der Waals surface area contributed by atoms with Crippen molar-refractivity contribution >= 4 is 31.4 Å². The third kappa shape index (κ3) is 4.82. The van der Waals surface area contributed by atoms with Crippen LogP contribution in [-0.4, -0.2) is 81.5 Å². The zero-order chi connectivity index (χ0) is 15.5. The Morgan fingerprint density at radius 1 is 1.38 bits per heavy atom. The minimum absolute atomic E-state index is 0.0525. The highest BCUT2D eigenvalue weighted by Gasteiger charge is 2.33. The Morgan fingerprint density at radius 2 is 2.14 bits per heavy atom. The molecule has 1 N–H and O–H groups in total. The summed E-state index contributed by atoms with van der Waals surface area (Å²) in [4.78, 5) is 2.01. The Labute approximate surface area is 131 Å². The van der Waals surface area contributed by atoms with E-state index >= 15 is 0 Å². The Hall–Kier alpha value is 0.170. The Kier molecular flexibility index (Phi) is 5.98. The average Bonchev–Trinajstić information content (AvgIpc) is 2.44. The minimum atomic E-state index is -3.08. The molecule has 9 heteroatoms. The molecule has 0 spiro atoms. The molecule has 2 aliphatic heterocycles. The first kappa shape index (κ1) is 17.5. The van der Waals surface area contributed by atoms with Crippen molar-refractivity contribution in [1.29, 1.82) is 0 Å². The molecule has 0 aliphatic carbocycles. The van der Waals surface area contributed by atoms with E-state index < -0.39 is 25.0 Å². The molecular formula is C12H24N2O4S3. The van der Waals surface area contributed by atoms with Gasteiger partial charge in [-0.3, -0.25) is 4.90 Å². The number of hydrogen-bond acceptors (Lipinski definition) is 7. The van der Waals surface area contributed by atoms with Gasteiger partial charge in [0.15, 0.2) is 19.7 Å². The van der Waals surface area contributed by atoms with Crippen molar-refractivity contribution in [2.24, 2.45) is 0 Å². The van der Waals surface area contributed by atoms with Crippen LogP contribution in [0.3, 0.4) is 0 Å². The molecule has 0 saturated carbocycles. The fourth-order valence-corrected chi connectivity index (χ4v) is 7.37. The molecular weight excluding hydrogens is 332 g/mol. The summed E-state index contributed by atoms with van der Waals surface area (Å²) in [6.45, 7) is 3.58. The second-order valence-electron chi connectivity index (χ2n) is 5.57. The van der Waals surface area contributed by atoms with E-state index in [1.807, 2.05) is 4.90 Å². The van der Waals surface area contributed by atoms with Crippen LogP contribution < -0.4 is 5.32 Å². The summed E-state index contributed by atoms with van der Waals surface area (Å²) in [5, 5.41) is 2.81. The summed E-state index contributed by atoms with van der Waals surface area (Å²) in [5.41, 5.74) is 0. The lowest BCUT2D eigenvalue weighted by Crippen LogP contribution is -2.51. The lowest BCUT2D eigenvalue weighted by Gasteiger charge is -2.36. The molecule has 0 amide bonds. The van der Waals surface area contributed by atoms with E-state index in [9.17, 15) is 16.8 Å². The van der Waals surface area contributed by atoms with Crippen molar-refractivity contribution in [2.75, 3.05) is 48.4 Å². The molecule has 0 bridgehead atoms. The van der Waals surface area contributed by atoms with Gasteiger partial charge in [-0.1, -0.05) is 6.92 Å². The summed E-state index contributed by atoms with van der Waals surface area (Å²) >= 11 is 1.68. The number of sulfone groups is 2. The van der Waals surface area contributed by atoms with Gasteiger partial charge in [-0.05, 0) is 6.42 Å². The maximum Gasteiger partial charge on any atom is 0.166 e. The molecule has 2 heterocycles. The number of rotatable bonds is 5. The first-order valence-corrected chi connectivity index (χ1v) is 12.0. The lowest BCUT2D eigenvalue weighted by atomic mass is 10.2. The molecule has 2 aliphatic rings.